The van der Waals surface area contributed by atoms with Crippen molar-refractivity contribution in [3.8, 4) is 6.19 Å². The summed E-state index contributed by atoms with van der Waals surface area (Å²) in [7, 11) is 3.38. The fraction of sp³-hybridized carbons (Fsp3) is 0.214. The second-order valence-electron chi connectivity index (χ2n) is 4.43. The van der Waals surface area contributed by atoms with Gasteiger partial charge in [0.25, 0.3) is 0 Å². The molecule has 110 valence electrons. The molecule has 0 saturated heterocycles. The molecule has 0 atom stereocenters. The van der Waals surface area contributed by atoms with Gasteiger partial charge in [-0.1, -0.05) is 17.7 Å². The number of rotatable bonds is 2. The summed E-state index contributed by atoms with van der Waals surface area (Å²) >= 11 is 5.82. The normalized spacial score (nSPS) is 9.48. The quantitative estimate of drug-likeness (QED) is 0.863. The summed E-state index contributed by atoms with van der Waals surface area (Å²) in [4.78, 5) is 22.0. The third-order valence-corrected chi connectivity index (χ3v) is 2.93. The monoisotopic (exact) mass is 307 g/mol. The number of carbonyl (C=O) groups excluding carboxylic acids is 1. The van der Waals surface area contributed by atoms with Gasteiger partial charge in [-0.15, -0.1) is 0 Å². The highest BCUT2D eigenvalue weighted by Crippen LogP contribution is 2.27. The number of nitrogens with zero attached hydrogens (tertiary/aromatic N) is 3. The van der Waals surface area contributed by atoms with Gasteiger partial charge in [0.15, 0.2) is 6.19 Å². The number of carboxylic acid groups (broad SMARTS) is 1. The molecule has 6 nitrogen and oxygen atoms in total. The number of benzene rings is 1. The van der Waals surface area contributed by atoms with Crippen molar-refractivity contribution in [2.45, 2.75) is 6.92 Å². The maximum atomic E-state index is 11.1. The van der Waals surface area contributed by atoms with Gasteiger partial charge in [-0.05, 0) is 19.1 Å². The standard InChI is InChI=1S/C11H7ClN2O2.C3H7NO/c1-6-10(11(15)16)8-3-2-7(12)4-9(8)14(6)5-13;1-4(2)3-5/h2-4H,1H3,(H,15,16);3H,1-2H3. The first-order chi connectivity index (χ1) is 9.83. The summed E-state index contributed by atoms with van der Waals surface area (Å²) in [5, 5.41) is 19.1. The van der Waals surface area contributed by atoms with Crippen molar-refractivity contribution in [3.05, 3.63) is 34.5 Å². The van der Waals surface area contributed by atoms with Crippen LogP contribution in [0.15, 0.2) is 18.2 Å². The third-order valence-electron chi connectivity index (χ3n) is 2.69. The number of amides is 1. The molecule has 0 aliphatic rings. The summed E-state index contributed by atoms with van der Waals surface area (Å²) in [5.74, 6) is -1.04. The van der Waals surface area contributed by atoms with Gasteiger partial charge in [0.05, 0.1) is 11.1 Å². The van der Waals surface area contributed by atoms with E-state index in [1.165, 1.54) is 9.47 Å². The van der Waals surface area contributed by atoms with Gasteiger partial charge in [-0.2, -0.15) is 5.26 Å². The van der Waals surface area contributed by atoms with Gasteiger partial charge in [0, 0.05) is 30.2 Å². The molecule has 21 heavy (non-hydrogen) atoms. The maximum Gasteiger partial charge on any atom is 0.338 e. The van der Waals surface area contributed by atoms with Crippen LogP contribution in [0.2, 0.25) is 5.02 Å². The van der Waals surface area contributed by atoms with Gasteiger partial charge in [0.2, 0.25) is 6.41 Å². The van der Waals surface area contributed by atoms with Crippen molar-refractivity contribution in [2.24, 2.45) is 0 Å². The Morgan fingerprint density at radius 2 is 2.05 bits per heavy atom. The van der Waals surface area contributed by atoms with Crippen LogP contribution in [0.25, 0.3) is 10.9 Å². The van der Waals surface area contributed by atoms with Gasteiger partial charge in [0.1, 0.15) is 0 Å². The van der Waals surface area contributed by atoms with E-state index in [9.17, 15) is 9.59 Å². The molecule has 1 heterocycles. The largest absolute Gasteiger partial charge is 0.478 e. The predicted octanol–water partition coefficient (Wildman–Crippen LogP) is 2.33. The Morgan fingerprint density at radius 1 is 1.48 bits per heavy atom. The van der Waals surface area contributed by atoms with Crippen molar-refractivity contribution in [2.75, 3.05) is 14.1 Å². The number of carboxylic acids is 1. The maximum absolute atomic E-state index is 11.1. The Hall–Kier alpha value is -2.52. The molecule has 1 aromatic carbocycles. The van der Waals surface area contributed by atoms with E-state index in [0.717, 1.165) is 6.41 Å². The average Bonchev–Trinajstić information content (AvgIpc) is 2.70. The van der Waals surface area contributed by atoms with E-state index in [1.54, 1.807) is 39.2 Å². The lowest BCUT2D eigenvalue weighted by atomic mass is 10.1. The summed E-state index contributed by atoms with van der Waals surface area (Å²) in [5.41, 5.74) is 1.07. The van der Waals surface area contributed by atoms with Crippen LogP contribution in [-0.4, -0.2) is 41.0 Å². The van der Waals surface area contributed by atoms with Gasteiger partial charge in [-0.25, -0.2) is 4.79 Å². The zero-order valence-electron chi connectivity index (χ0n) is 11.8. The van der Waals surface area contributed by atoms with Gasteiger partial charge in [-0.3, -0.25) is 9.36 Å². The molecule has 7 heteroatoms. The third kappa shape index (κ3) is 3.52. The number of aromatic carboxylic acids is 1. The molecule has 1 aromatic heterocycles. The highest BCUT2D eigenvalue weighted by molar-refractivity contribution is 6.31. The first-order valence-corrected chi connectivity index (χ1v) is 6.27. The van der Waals surface area contributed by atoms with Crippen molar-refractivity contribution < 1.29 is 14.7 Å². The van der Waals surface area contributed by atoms with Crippen LogP contribution in [0.1, 0.15) is 16.1 Å². The van der Waals surface area contributed by atoms with Crippen molar-refractivity contribution in [1.82, 2.24) is 9.47 Å². The molecule has 0 bridgehead atoms. The van der Waals surface area contributed by atoms with Crippen LogP contribution in [-0.2, 0) is 4.79 Å². The second-order valence-corrected chi connectivity index (χ2v) is 4.87. The molecule has 0 aliphatic carbocycles. The number of hydrogen-bond donors (Lipinski definition) is 1. The number of carbonyl (C=O) groups is 2. The van der Waals surface area contributed by atoms with Crippen LogP contribution in [0, 0.1) is 18.4 Å². The molecular formula is C14H14ClN3O3. The zero-order valence-corrected chi connectivity index (χ0v) is 12.5. The Labute approximate surface area is 126 Å². The fourth-order valence-corrected chi connectivity index (χ4v) is 1.95. The van der Waals surface area contributed by atoms with Crippen LogP contribution in [0.3, 0.4) is 0 Å². The average molecular weight is 308 g/mol. The SMILES string of the molecule is CN(C)C=O.Cc1c(C(=O)O)c2ccc(Cl)cc2n1C#N. The Balaban J connectivity index is 0.000000383. The minimum absolute atomic E-state index is 0.146. The van der Waals surface area contributed by atoms with Gasteiger partial charge < -0.3 is 10.0 Å². The number of fused-ring (bicyclic) bond motifs is 1. The van der Waals surface area contributed by atoms with Crippen LogP contribution < -0.4 is 0 Å². The van der Waals surface area contributed by atoms with E-state index in [2.05, 4.69) is 0 Å². The number of halogens is 1. The zero-order chi connectivity index (χ0) is 16.2. The molecule has 2 rings (SSSR count). The van der Waals surface area contributed by atoms with E-state index in [4.69, 9.17) is 22.0 Å². The van der Waals surface area contributed by atoms with Crippen molar-refractivity contribution in [3.63, 3.8) is 0 Å². The molecule has 0 aliphatic heterocycles. The van der Waals surface area contributed by atoms with Crippen LogP contribution in [0.5, 0.6) is 0 Å². The highest BCUT2D eigenvalue weighted by Gasteiger charge is 2.19. The van der Waals surface area contributed by atoms with E-state index in [1.807, 2.05) is 6.19 Å². The Bertz CT molecular complexity index is 729. The van der Waals surface area contributed by atoms with Crippen LogP contribution >= 0.6 is 11.6 Å². The molecule has 0 saturated carbocycles. The molecule has 0 fully saturated rings. The summed E-state index contributed by atoms with van der Waals surface area (Å²) < 4.78 is 1.27. The summed E-state index contributed by atoms with van der Waals surface area (Å²) in [6, 6.07) is 4.80. The molecule has 0 spiro atoms. The molecule has 2 aromatic rings. The minimum atomic E-state index is -1.04. The van der Waals surface area contributed by atoms with Crippen molar-refractivity contribution in [1.29, 1.82) is 5.26 Å². The smallest absolute Gasteiger partial charge is 0.338 e. The molecule has 0 radical (unpaired) electrons. The number of aromatic nitrogens is 1. The Morgan fingerprint density at radius 3 is 2.48 bits per heavy atom. The highest BCUT2D eigenvalue weighted by atomic mass is 35.5. The first-order valence-electron chi connectivity index (χ1n) is 5.89. The molecule has 1 N–H and O–H groups in total. The molecular weight excluding hydrogens is 294 g/mol. The minimum Gasteiger partial charge on any atom is -0.478 e. The van der Waals surface area contributed by atoms with E-state index in [-0.39, 0.29) is 5.56 Å². The lowest BCUT2D eigenvalue weighted by molar-refractivity contribution is -0.115. The molecule has 1 amide bonds. The predicted molar refractivity (Wildman–Crippen MR) is 79.4 cm³/mol. The van der Waals surface area contributed by atoms with E-state index >= 15 is 0 Å². The molecule has 0 unspecified atom stereocenters. The Kier molecular flexibility index (Phi) is 5.33. The van der Waals surface area contributed by atoms with Crippen molar-refractivity contribution >= 4 is 34.9 Å². The lowest BCUT2D eigenvalue weighted by Gasteiger charge is -1.94. The van der Waals surface area contributed by atoms with Gasteiger partial charge >= 0.3 is 5.97 Å². The van der Waals surface area contributed by atoms with E-state index in [0.29, 0.717) is 21.6 Å². The summed E-state index contributed by atoms with van der Waals surface area (Å²) in [6.45, 7) is 1.60. The second kappa shape index (κ2) is 6.77. The topological polar surface area (TPSA) is 86.3 Å². The lowest BCUT2D eigenvalue weighted by Crippen LogP contribution is -2.06. The fourth-order valence-electron chi connectivity index (χ4n) is 1.79. The first kappa shape index (κ1) is 16.5. The summed E-state index contributed by atoms with van der Waals surface area (Å²) in [6.07, 6.45) is 2.69. The number of nitriles is 1. The van der Waals surface area contributed by atoms with Crippen LogP contribution in [0.4, 0.5) is 0 Å². The van der Waals surface area contributed by atoms with E-state index < -0.39 is 5.97 Å². The number of hydrogen-bond acceptors (Lipinski definition) is 3.